The Labute approximate surface area is 203 Å². The predicted molar refractivity (Wildman–Crippen MR) is 131 cm³/mol. The molecule has 0 N–H and O–H groups in total. The Morgan fingerprint density at radius 2 is 1.71 bits per heavy atom. The molecule has 3 aromatic carbocycles. The molecule has 0 unspecified atom stereocenters. The lowest BCUT2D eigenvalue weighted by molar-refractivity contribution is 0.0737. The van der Waals surface area contributed by atoms with Crippen molar-refractivity contribution in [1.82, 2.24) is 14.7 Å². The van der Waals surface area contributed by atoms with Crippen LogP contribution >= 0.6 is 11.6 Å². The molecule has 174 valence electrons. The molecule has 7 heteroatoms. The standard InChI is InChI=1S/C27H25ClFN3O2/c1-3-17-31(26(33)23-11-7-8-12-25(23)29)18-24-19(2)30-32(21-9-5-4-6-10-21)27(24)34-22-15-13-20(28)14-16-22/h4-16H,3,17-18H2,1-2H3. The second kappa shape index (κ2) is 10.5. The zero-order valence-corrected chi connectivity index (χ0v) is 19.8. The summed E-state index contributed by atoms with van der Waals surface area (Å²) in [5.74, 6) is 0.172. The molecule has 0 aliphatic heterocycles. The summed E-state index contributed by atoms with van der Waals surface area (Å²) in [5.41, 5.74) is 2.33. The van der Waals surface area contributed by atoms with Crippen LogP contribution < -0.4 is 4.74 Å². The van der Waals surface area contributed by atoms with Crippen molar-refractivity contribution in [3.63, 3.8) is 0 Å². The molecule has 0 saturated carbocycles. The van der Waals surface area contributed by atoms with Crippen LogP contribution in [-0.4, -0.2) is 27.1 Å². The Hall–Kier alpha value is -3.64. The van der Waals surface area contributed by atoms with Crippen LogP contribution in [-0.2, 0) is 6.54 Å². The quantitative estimate of drug-likeness (QED) is 0.280. The lowest BCUT2D eigenvalue weighted by Crippen LogP contribution is -2.32. The van der Waals surface area contributed by atoms with Crippen LogP contribution in [0.15, 0.2) is 78.9 Å². The smallest absolute Gasteiger partial charge is 0.257 e. The van der Waals surface area contributed by atoms with Gasteiger partial charge in [-0.2, -0.15) is 5.10 Å². The number of rotatable bonds is 8. The minimum Gasteiger partial charge on any atom is -0.439 e. The van der Waals surface area contributed by atoms with Gasteiger partial charge in [0.25, 0.3) is 5.91 Å². The number of carbonyl (C=O) groups excluding carboxylic acids is 1. The lowest BCUT2D eigenvalue weighted by Gasteiger charge is -2.23. The molecule has 0 radical (unpaired) electrons. The third-order valence-electron chi connectivity index (χ3n) is 5.40. The number of halogens is 2. The molecule has 1 aromatic heterocycles. The van der Waals surface area contributed by atoms with Gasteiger partial charge in [-0.25, -0.2) is 9.07 Å². The second-order valence-corrected chi connectivity index (χ2v) is 8.32. The Morgan fingerprint density at radius 1 is 1.03 bits per heavy atom. The second-order valence-electron chi connectivity index (χ2n) is 7.88. The maximum Gasteiger partial charge on any atom is 0.257 e. The molecule has 1 amide bonds. The highest BCUT2D eigenvalue weighted by Crippen LogP contribution is 2.32. The average Bonchev–Trinajstić information content (AvgIpc) is 3.15. The van der Waals surface area contributed by atoms with Crippen LogP contribution in [0.2, 0.25) is 5.02 Å². The van der Waals surface area contributed by atoms with E-state index < -0.39 is 5.82 Å². The number of aryl methyl sites for hydroxylation is 1. The molecule has 5 nitrogen and oxygen atoms in total. The van der Waals surface area contributed by atoms with Gasteiger partial charge >= 0.3 is 0 Å². The Kier molecular flexibility index (Phi) is 7.28. The fourth-order valence-corrected chi connectivity index (χ4v) is 3.83. The summed E-state index contributed by atoms with van der Waals surface area (Å²) in [5, 5.41) is 5.31. The molecule has 0 fully saturated rings. The van der Waals surface area contributed by atoms with Crippen LogP contribution in [0, 0.1) is 12.7 Å². The Bertz CT molecular complexity index is 1270. The summed E-state index contributed by atoms with van der Waals surface area (Å²) in [7, 11) is 0. The first kappa shape index (κ1) is 23.5. The van der Waals surface area contributed by atoms with Crippen molar-refractivity contribution in [3.05, 3.63) is 107 Å². The van der Waals surface area contributed by atoms with Gasteiger partial charge in [-0.05, 0) is 61.9 Å². The number of hydrogen-bond acceptors (Lipinski definition) is 3. The van der Waals surface area contributed by atoms with E-state index in [-0.39, 0.29) is 18.0 Å². The van der Waals surface area contributed by atoms with Gasteiger partial charge in [-0.3, -0.25) is 4.79 Å². The van der Waals surface area contributed by atoms with Crippen LogP contribution in [0.1, 0.15) is 35.0 Å². The zero-order chi connectivity index (χ0) is 24.1. The van der Waals surface area contributed by atoms with Crippen molar-refractivity contribution >= 4 is 17.5 Å². The van der Waals surface area contributed by atoms with E-state index in [1.165, 1.54) is 12.1 Å². The predicted octanol–water partition coefficient (Wildman–Crippen LogP) is 6.82. The number of ether oxygens (including phenoxy) is 1. The topological polar surface area (TPSA) is 47.4 Å². The minimum absolute atomic E-state index is 0.0456. The molecule has 0 spiro atoms. The first-order valence-electron chi connectivity index (χ1n) is 11.1. The largest absolute Gasteiger partial charge is 0.439 e. The fraction of sp³-hybridized carbons (Fsp3) is 0.185. The van der Waals surface area contributed by atoms with Gasteiger partial charge < -0.3 is 9.64 Å². The highest BCUT2D eigenvalue weighted by molar-refractivity contribution is 6.30. The van der Waals surface area contributed by atoms with Gasteiger partial charge in [-0.1, -0.05) is 48.9 Å². The summed E-state index contributed by atoms with van der Waals surface area (Å²) in [6.45, 7) is 4.54. The van der Waals surface area contributed by atoms with Gasteiger partial charge in [0.2, 0.25) is 5.88 Å². The zero-order valence-electron chi connectivity index (χ0n) is 19.0. The van der Waals surface area contributed by atoms with Gasteiger partial charge in [-0.15, -0.1) is 0 Å². The molecule has 34 heavy (non-hydrogen) atoms. The monoisotopic (exact) mass is 477 g/mol. The Balaban J connectivity index is 1.76. The third kappa shape index (κ3) is 5.13. The van der Waals surface area contributed by atoms with E-state index in [1.807, 2.05) is 44.2 Å². The number of para-hydroxylation sites is 1. The molecule has 4 rings (SSSR count). The molecule has 0 aliphatic carbocycles. The molecule has 0 bridgehead atoms. The molecule has 0 aliphatic rings. The summed E-state index contributed by atoms with van der Waals surface area (Å²) in [6, 6.07) is 22.7. The van der Waals surface area contributed by atoms with Crippen LogP contribution in [0.4, 0.5) is 4.39 Å². The van der Waals surface area contributed by atoms with Crippen molar-refractivity contribution in [2.24, 2.45) is 0 Å². The van der Waals surface area contributed by atoms with Gasteiger partial charge in [0.05, 0.1) is 29.1 Å². The summed E-state index contributed by atoms with van der Waals surface area (Å²) in [6.07, 6.45) is 0.722. The molecule has 0 saturated heterocycles. The van der Waals surface area contributed by atoms with Crippen molar-refractivity contribution in [1.29, 1.82) is 0 Å². The van der Waals surface area contributed by atoms with E-state index in [2.05, 4.69) is 0 Å². The van der Waals surface area contributed by atoms with E-state index in [0.29, 0.717) is 23.2 Å². The number of hydrogen-bond donors (Lipinski definition) is 0. The molecule has 0 atom stereocenters. The van der Waals surface area contributed by atoms with Gasteiger partial charge in [0, 0.05) is 11.6 Å². The molecular weight excluding hydrogens is 453 g/mol. The van der Waals surface area contributed by atoms with E-state index >= 15 is 0 Å². The van der Waals surface area contributed by atoms with E-state index in [9.17, 15) is 9.18 Å². The minimum atomic E-state index is -0.539. The number of aromatic nitrogens is 2. The highest BCUT2D eigenvalue weighted by Gasteiger charge is 2.25. The maximum atomic E-state index is 14.4. The fourth-order valence-electron chi connectivity index (χ4n) is 3.70. The number of amides is 1. The summed E-state index contributed by atoms with van der Waals surface area (Å²) >= 11 is 6.04. The number of nitrogens with zero attached hydrogens (tertiary/aromatic N) is 3. The molecule has 4 aromatic rings. The van der Waals surface area contributed by atoms with Gasteiger partial charge in [0.15, 0.2) is 0 Å². The SMILES string of the molecule is CCCN(Cc1c(C)nn(-c2ccccc2)c1Oc1ccc(Cl)cc1)C(=O)c1ccccc1F. The third-order valence-corrected chi connectivity index (χ3v) is 5.65. The molecule has 1 heterocycles. The first-order valence-corrected chi connectivity index (χ1v) is 11.5. The normalized spacial score (nSPS) is 10.8. The van der Waals surface area contributed by atoms with Crippen molar-refractivity contribution in [2.45, 2.75) is 26.8 Å². The van der Waals surface area contributed by atoms with Crippen molar-refractivity contribution < 1.29 is 13.9 Å². The van der Waals surface area contributed by atoms with E-state index in [4.69, 9.17) is 21.4 Å². The Morgan fingerprint density at radius 3 is 2.38 bits per heavy atom. The van der Waals surface area contributed by atoms with Crippen molar-refractivity contribution in [2.75, 3.05) is 6.54 Å². The number of benzene rings is 3. The average molecular weight is 478 g/mol. The summed E-state index contributed by atoms with van der Waals surface area (Å²) < 4.78 is 22.4. The van der Waals surface area contributed by atoms with Crippen LogP contribution in [0.3, 0.4) is 0 Å². The number of carbonyl (C=O) groups is 1. The van der Waals surface area contributed by atoms with Crippen LogP contribution in [0.25, 0.3) is 5.69 Å². The van der Waals surface area contributed by atoms with Gasteiger partial charge in [0.1, 0.15) is 11.6 Å². The summed E-state index contributed by atoms with van der Waals surface area (Å²) in [4.78, 5) is 14.9. The van der Waals surface area contributed by atoms with Crippen molar-refractivity contribution in [3.8, 4) is 17.3 Å². The molecular formula is C27H25ClFN3O2. The van der Waals surface area contributed by atoms with Crippen LogP contribution in [0.5, 0.6) is 11.6 Å². The van der Waals surface area contributed by atoms with E-state index in [1.54, 1.807) is 46.0 Å². The lowest BCUT2D eigenvalue weighted by atomic mass is 10.1. The maximum absolute atomic E-state index is 14.4. The highest BCUT2D eigenvalue weighted by atomic mass is 35.5. The van der Waals surface area contributed by atoms with E-state index in [0.717, 1.165) is 23.4 Å². The first-order chi connectivity index (χ1) is 16.5.